The van der Waals surface area contributed by atoms with Gasteiger partial charge in [-0.3, -0.25) is 4.99 Å². The van der Waals surface area contributed by atoms with Gasteiger partial charge in [-0.1, -0.05) is 6.07 Å². The van der Waals surface area contributed by atoms with E-state index in [1.54, 1.807) is 0 Å². The molecule has 0 saturated carbocycles. The molecule has 1 N–H and O–H groups in total. The predicted molar refractivity (Wildman–Crippen MR) is 127 cm³/mol. The van der Waals surface area contributed by atoms with Crippen molar-refractivity contribution in [3.8, 4) is 0 Å². The fourth-order valence-electron chi connectivity index (χ4n) is 4.42. The van der Waals surface area contributed by atoms with Crippen LogP contribution in [0.5, 0.6) is 0 Å². The lowest BCUT2D eigenvalue weighted by atomic mass is 10.2. The zero-order chi connectivity index (χ0) is 22.5. The van der Waals surface area contributed by atoms with Gasteiger partial charge in [-0.25, -0.2) is 9.37 Å². The summed E-state index contributed by atoms with van der Waals surface area (Å²) in [4.78, 5) is 16.0. The topological polar surface area (TPSA) is 56.2 Å². The maximum atomic E-state index is 13.2. The molecule has 1 aromatic heterocycles. The van der Waals surface area contributed by atoms with Crippen LogP contribution in [-0.4, -0.2) is 74.4 Å². The molecule has 172 valence electrons. The Kier molecular flexibility index (Phi) is 7.09. The van der Waals surface area contributed by atoms with Gasteiger partial charge in [0.15, 0.2) is 5.96 Å². The van der Waals surface area contributed by atoms with Crippen molar-refractivity contribution in [1.82, 2.24) is 15.2 Å². The molecule has 0 amide bonds. The SMILES string of the molecule is CN=C(NCc1ccc(N2CC(C)OC(C)C2)nc1)N1CCN(c2ccc(F)cc2)CC1. The highest BCUT2D eigenvalue weighted by Gasteiger charge is 2.23. The number of morpholine rings is 1. The first-order valence-electron chi connectivity index (χ1n) is 11.3. The van der Waals surface area contributed by atoms with Gasteiger partial charge in [-0.2, -0.15) is 0 Å². The van der Waals surface area contributed by atoms with Gasteiger partial charge in [-0.05, 0) is 49.7 Å². The number of hydrogen-bond acceptors (Lipinski definition) is 5. The zero-order valence-corrected chi connectivity index (χ0v) is 19.2. The van der Waals surface area contributed by atoms with E-state index in [-0.39, 0.29) is 18.0 Å². The summed E-state index contributed by atoms with van der Waals surface area (Å²) in [6.07, 6.45) is 2.37. The van der Waals surface area contributed by atoms with E-state index in [9.17, 15) is 4.39 Å². The first-order chi connectivity index (χ1) is 15.5. The summed E-state index contributed by atoms with van der Waals surface area (Å²) in [5.74, 6) is 1.69. The fraction of sp³-hybridized carbons (Fsp3) is 0.500. The Hall–Kier alpha value is -2.87. The van der Waals surface area contributed by atoms with Crippen LogP contribution in [0.4, 0.5) is 15.9 Å². The van der Waals surface area contributed by atoms with Crippen LogP contribution in [0.15, 0.2) is 47.6 Å². The predicted octanol–water partition coefficient (Wildman–Crippen LogP) is 2.73. The Labute approximate surface area is 189 Å². The van der Waals surface area contributed by atoms with E-state index in [2.05, 4.69) is 56.0 Å². The molecule has 3 heterocycles. The van der Waals surface area contributed by atoms with Crippen molar-refractivity contribution in [2.45, 2.75) is 32.6 Å². The van der Waals surface area contributed by atoms with Crippen LogP contribution < -0.4 is 15.1 Å². The molecule has 0 bridgehead atoms. The molecule has 2 aliphatic rings. The molecule has 2 unspecified atom stereocenters. The van der Waals surface area contributed by atoms with Crippen molar-refractivity contribution in [3.63, 3.8) is 0 Å². The lowest BCUT2D eigenvalue weighted by Crippen LogP contribution is -2.52. The number of aromatic nitrogens is 1. The van der Waals surface area contributed by atoms with Crippen molar-refractivity contribution in [3.05, 3.63) is 54.0 Å². The van der Waals surface area contributed by atoms with Crippen LogP contribution in [-0.2, 0) is 11.3 Å². The average molecular weight is 441 g/mol. The molecule has 2 saturated heterocycles. The standard InChI is InChI=1S/C24H33FN6O/c1-18-16-31(17-19(2)32-18)23-9-4-20(14-27-23)15-28-24(26-3)30-12-10-29(11-13-30)22-7-5-21(25)6-8-22/h4-9,14,18-19H,10-13,15-17H2,1-3H3,(H,26,28). The second kappa shape index (κ2) is 10.2. The quantitative estimate of drug-likeness (QED) is 0.583. The van der Waals surface area contributed by atoms with E-state index in [0.29, 0.717) is 6.54 Å². The first kappa shape index (κ1) is 22.3. The van der Waals surface area contributed by atoms with Crippen molar-refractivity contribution in [1.29, 1.82) is 0 Å². The molecule has 2 atom stereocenters. The summed E-state index contributed by atoms with van der Waals surface area (Å²) in [5.41, 5.74) is 2.18. The maximum Gasteiger partial charge on any atom is 0.194 e. The number of pyridine rings is 1. The Morgan fingerprint density at radius 1 is 1.03 bits per heavy atom. The average Bonchev–Trinajstić information content (AvgIpc) is 2.80. The largest absolute Gasteiger partial charge is 0.372 e. The van der Waals surface area contributed by atoms with Gasteiger partial charge in [-0.15, -0.1) is 0 Å². The Morgan fingerprint density at radius 3 is 2.31 bits per heavy atom. The van der Waals surface area contributed by atoms with Gasteiger partial charge in [0.05, 0.1) is 12.2 Å². The number of aliphatic imine (C=N–C) groups is 1. The molecule has 0 aliphatic carbocycles. The molecule has 2 aliphatic heterocycles. The minimum Gasteiger partial charge on any atom is -0.372 e. The number of halogens is 1. The summed E-state index contributed by atoms with van der Waals surface area (Å²) in [6, 6.07) is 10.9. The third-order valence-corrected chi connectivity index (χ3v) is 5.99. The second-order valence-corrected chi connectivity index (χ2v) is 8.54. The molecule has 1 aromatic carbocycles. The monoisotopic (exact) mass is 440 g/mol. The van der Waals surface area contributed by atoms with Gasteiger partial charge in [0.25, 0.3) is 0 Å². The minimum absolute atomic E-state index is 0.200. The molecule has 0 radical (unpaired) electrons. The third-order valence-electron chi connectivity index (χ3n) is 5.99. The normalized spacial score (nSPS) is 22.2. The number of hydrogen-bond donors (Lipinski definition) is 1. The number of benzene rings is 1. The molecule has 2 aromatic rings. The first-order valence-corrected chi connectivity index (χ1v) is 11.3. The van der Waals surface area contributed by atoms with Crippen molar-refractivity contribution in [2.24, 2.45) is 4.99 Å². The summed E-state index contributed by atoms with van der Waals surface area (Å²) in [5, 5.41) is 3.46. The number of nitrogens with one attached hydrogen (secondary N) is 1. The van der Waals surface area contributed by atoms with E-state index in [1.807, 2.05) is 25.4 Å². The van der Waals surface area contributed by atoms with Gasteiger partial charge < -0.3 is 24.8 Å². The van der Waals surface area contributed by atoms with Crippen molar-refractivity contribution < 1.29 is 9.13 Å². The summed E-state index contributed by atoms with van der Waals surface area (Å²) in [6.45, 7) is 10.1. The van der Waals surface area contributed by atoms with Gasteiger partial charge in [0.1, 0.15) is 11.6 Å². The van der Waals surface area contributed by atoms with Crippen LogP contribution >= 0.6 is 0 Å². The molecular weight excluding hydrogens is 407 g/mol. The van der Waals surface area contributed by atoms with Crippen molar-refractivity contribution >= 4 is 17.5 Å². The number of ether oxygens (including phenoxy) is 1. The van der Waals surface area contributed by atoms with Crippen molar-refractivity contribution in [2.75, 3.05) is 56.1 Å². The van der Waals surface area contributed by atoms with Crippen LogP contribution in [0.25, 0.3) is 0 Å². The Morgan fingerprint density at radius 2 is 1.72 bits per heavy atom. The molecular formula is C24H33FN6O. The maximum absolute atomic E-state index is 13.2. The number of piperazine rings is 1. The van der Waals surface area contributed by atoms with E-state index >= 15 is 0 Å². The molecule has 4 rings (SSSR count). The third kappa shape index (κ3) is 5.48. The lowest BCUT2D eigenvalue weighted by molar-refractivity contribution is -0.00545. The molecule has 8 heteroatoms. The molecule has 0 spiro atoms. The minimum atomic E-state index is -0.200. The fourth-order valence-corrected chi connectivity index (χ4v) is 4.42. The van der Waals surface area contributed by atoms with Crippen LogP contribution in [0.3, 0.4) is 0 Å². The number of guanidine groups is 1. The van der Waals surface area contributed by atoms with Gasteiger partial charge in [0.2, 0.25) is 0 Å². The second-order valence-electron chi connectivity index (χ2n) is 8.54. The van der Waals surface area contributed by atoms with Crippen LogP contribution in [0.1, 0.15) is 19.4 Å². The number of nitrogens with zero attached hydrogens (tertiary/aromatic N) is 5. The van der Waals surface area contributed by atoms with Crippen LogP contribution in [0.2, 0.25) is 0 Å². The highest BCUT2D eigenvalue weighted by Crippen LogP contribution is 2.19. The molecule has 32 heavy (non-hydrogen) atoms. The Balaban J connectivity index is 1.28. The highest BCUT2D eigenvalue weighted by molar-refractivity contribution is 5.80. The smallest absolute Gasteiger partial charge is 0.194 e. The van der Waals surface area contributed by atoms with Crippen LogP contribution in [0, 0.1) is 5.82 Å². The summed E-state index contributed by atoms with van der Waals surface area (Å²) < 4.78 is 19.0. The Bertz CT molecular complexity index is 886. The zero-order valence-electron chi connectivity index (χ0n) is 19.2. The van der Waals surface area contributed by atoms with Gasteiger partial charge in [0, 0.05) is 64.7 Å². The summed E-state index contributed by atoms with van der Waals surface area (Å²) >= 11 is 0. The number of anilines is 2. The summed E-state index contributed by atoms with van der Waals surface area (Å²) in [7, 11) is 1.82. The highest BCUT2D eigenvalue weighted by atomic mass is 19.1. The van der Waals surface area contributed by atoms with E-state index in [4.69, 9.17) is 4.74 Å². The van der Waals surface area contributed by atoms with Gasteiger partial charge >= 0.3 is 0 Å². The van der Waals surface area contributed by atoms with E-state index in [1.165, 1.54) is 12.1 Å². The van der Waals surface area contributed by atoms with E-state index in [0.717, 1.165) is 62.3 Å². The lowest BCUT2D eigenvalue weighted by Gasteiger charge is -2.37. The molecule has 2 fully saturated rings. The van der Waals surface area contributed by atoms with E-state index < -0.39 is 0 Å². The number of rotatable bonds is 4. The molecule has 7 nitrogen and oxygen atoms in total.